The SMILES string of the molecule is COCCOCCOCCOc1cccc2c1[n+]([O-])c1cccc(OCCOCCOCCOC)c1[n+]2[O-]. The molecule has 0 fully saturated rings. The van der Waals surface area contributed by atoms with Crippen molar-refractivity contribution in [1.29, 1.82) is 0 Å². The van der Waals surface area contributed by atoms with Crippen molar-refractivity contribution in [3.63, 3.8) is 0 Å². The smallest absolute Gasteiger partial charge is 0.332 e. The molecule has 3 aromatic rings. The maximum atomic E-state index is 13.3. The Morgan fingerprint density at radius 2 is 0.842 bits per heavy atom. The number of hydrogen-bond acceptors (Lipinski definition) is 10. The topological polar surface area (TPSA) is 128 Å². The summed E-state index contributed by atoms with van der Waals surface area (Å²) in [5.41, 5.74) is 0.592. The minimum absolute atomic E-state index is 0.131. The summed E-state index contributed by atoms with van der Waals surface area (Å²) in [4.78, 5) is 0. The van der Waals surface area contributed by atoms with Crippen LogP contribution in [0.15, 0.2) is 36.4 Å². The zero-order valence-electron chi connectivity index (χ0n) is 21.9. The number of fused-ring (bicyclic) bond motifs is 2. The summed E-state index contributed by atoms with van der Waals surface area (Å²) >= 11 is 0. The molecule has 12 heteroatoms. The molecule has 0 radical (unpaired) electrons. The van der Waals surface area contributed by atoms with Gasteiger partial charge < -0.3 is 48.3 Å². The van der Waals surface area contributed by atoms with E-state index < -0.39 is 0 Å². The highest BCUT2D eigenvalue weighted by Gasteiger charge is 2.27. The molecule has 0 unspecified atom stereocenters. The molecule has 12 nitrogen and oxygen atoms in total. The molecule has 210 valence electrons. The number of para-hydroxylation sites is 2. The van der Waals surface area contributed by atoms with Crippen molar-refractivity contribution in [2.45, 2.75) is 0 Å². The summed E-state index contributed by atoms with van der Waals surface area (Å²) < 4.78 is 44.4. The highest BCUT2D eigenvalue weighted by molar-refractivity contribution is 5.83. The van der Waals surface area contributed by atoms with Gasteiger partial charge in [-0.2, -0.15) is 9.46 Å². The lowest BCUT2D eigenvalue weighted by molar-refractivity contribution is -0.591. The summed E-state index contributed by atoms with van der Waals surface area (Å²) in [6.07, 6.45) is 0. The van der Waals surface area contributed by atoms with Crippen molar-refractivity contribution in [2.75, 3.05) is 93.5 Å². The van der Waals surface area contributed by atoms with Crippen LogP contribution in [0.1, 0.15) is 0 Å². The van der Waals surface area contributed by atoms with E-state index in [1.54, 1.807) is 50.6 Å². The molecule has 0 saturated carbocycles. The molecule has 0 aliphatic rings. The lowest BCUT2D eigenvalue weighted by atomic mass is 10.2. The van der Waals surface area contributed by atoms with Gasteiger partial charge in [0.1, 0.15) is 13.2 Å². The maximum Gasteiger partial charge on any atom is 0.332 e. The zero-order chi connectivity index (χ0) is 27.0. The van der Waals surface area contributed by atoms with Crippen LogP contribution in [-0.2, 0) is 28.4 Å². The fourth-order valence-corrected chi connectivity index (χ4v) is 3.58. The van der Waals surface area contributed by atoms with Crippen LogP contribution in [0.4, 0.5) is 0 Å². The van der Waals surface area contributed by atoms with E-state index in [0.717, 1.165) is 0 Å². The van der Waals surface area contributed by atoms with Gasteiger partial charge in [-0.05, 0) is 12.1 Å². The van der Waals surface area contributed by atoms with Gasteiger partial charge in [-0.25, -0.2) is 0 Å². The molecule has 0 amide bonds. The summed E-state index contributed by atoms with van der Waals surface area (Å²) in [5, 5.41) is 26.6. The summed E-state index contributed by atoms with van der Waals surface area (Å²) in [6, 6.07) is 9.75. The van der Waals surface area contributed by atoms with E-state index in [4.69, 9.17) is 37.9 Å². The van der Waals surface area contributed by atoms with Crippen molar-refractivity contribution < 1.29 is 47.4 Å². The monoisotopic (exact) mass is 536 g/mol. The van der Waals surface area contributed by atoms with E-state index in [0.29, 0.717) is 75.5 Å². The lowest BCUT2D eigenvalue weighted by Crippen LogP contribution is -2.40. The lowest BCUT2D eigenvalue weighted by Gasteiger charge is -2.13. The second-order valence-electron chi connectivity index (χ2n) is 7.97. The van der Waals surface area contributed by atoms with Crippen LogP contribution >= 0.6 is 0 Å². The van der Waals surface area contributed by atoms with Gasteiger partial charge in [-0.1, -0.05) is 12.1 Å². The van der Waals surface area contributed by atoms with E-state index in [-0.39, 0.29) is 46.8 Å². The highest BCUT2D eigenvalue weighted by Crippen LogP contribution is 2.26. The van der Waals surface area contributed by atoms with Crippen LogP contribution in [-0.4, -0.2) is 93.5 Å². The molecule has 0 aliphatic heterocycles. The molecule has 0 spiro atoms. The number of nitrogens with zero attached hydrogens (tertiary/aromatic N) is 2. The molecule has 3 rings (SSSR count). The normalized spacial score (nSPS) is 11.4. The molecule has 1 aromatic heterocycles. The van der Waals surface area contributed by atoms with Crippen LogP contribution in [0.25, 0.3) is 22.1 Å². The Bertz CT molecular complexity index is 1030. The minimum atomic E-state index is 0.131. The average Bonchev–Trinajstić information content (AvgIpc) is 2.94. The van der Waals surface area contributed by atoms with E-state index in [1.165, 1.54) is 0 Å². The quantitative estimate of drug-likeness (QED) is 0.0904. The second kappa shape index (κ2) is 16.8. The Morgan fingerprint density at radius 3 is 1.21 bits per heavy atom. The standard InChI is InChI=1S/C26H36N2O10/c1-31-9-11-33-13-15-35-17-19-37-23-7-3-5-21-25(23)27(29)22-6-4-8-24(26(22)28(21)30)38-20-18-36-16-14-34-12-10-32-2/h3-8H,9-20H2,1-2H3. The van der Waals surface area contributed by atoms with Gasteiger partial charge in [0.05, 0.1) is 66.1 Å². The van der Waals surface area contributed by atoms with Gasteiger partial charge >= 0.3 is 11.0 Å². The van der Waals surface area contributed by atoms with Crippen LogP contribution in [0.5, 0.6) is 11.5 Å². The van der Waals surface area contributed by atoms with Crippen LogP contribution in [0, 0.1) is 10.4 Å². The first-order chi connectivity index (χ1) is 18.7. The molecular weight excluding hydrogens is 500 g/mol. The fraction of sp³-hybridized carbons (Fsp3) is 0.538. The van der Waals surface area contributed by atoms with Crippen molar-refractivity contribution in [3.05, 3.63) is 46.8 Å². The Labute approximate surface area is 221 Å². The van der Waals surface area contributed by atoms with Crippen molar-refractivity contribution in [3.8, 4) is 11.5 Å². The molecule has 1 heterocycles. The third kappa shape index (κ3) is 8.51. The van der Waals surface area contributed by atoms with Crippen molar-refractivity contribution in [1.82, 2.24) is 0 Å². The van der Waals surface area contributed by atoms with E-state index in [9.17, 15) is 10.4 Å². The van der Waals surface area contributed by atoms with Crippen LogP contribution in [0.2, 0.25) is 0 Å². The number of rotatable bonds is 20. The molecule has 38 heavy (non-hydrogen) atoms. The number of hydrogen-bond donors (Lipinski definition) is 0. The molecular formula is C26H36N2O10. The number of benzene rings is 2. The summed E-state index contributed by atoms with van der Waals surface area (Å²) in [5.74, 6) is 0.577. The van der Waals surface area contributed by atoms with Gasteiger partial charge in [0.2, 0.25) is 0 Å². The first-order valence-electron chi connectivity index (χ1n) is 12.4. The predicted molar refractivity (Wildman–Crippen MR) is 137 cm³/mol. The Hall–Kier alpha value is -3.00. The van der Waals surface area contributed by atoms with Gasteiger partial charge in [0, 0.05) is 26.4 Å². The Kier molecular flexibility index (Phi) is 13.0. The first kappa shape index (κ1) is 29.6. The van der Waals surface area contributed by atoms with Crippen molar-refractivity contribution >= 4 is 22.1 Å². The summed E-state index contributed by atoms with van der Waals surface area (Å²) in [6.45, 7) is 4.78. The predicted octanol–water partition coefficient (Wildman–Crippen LogP) is 1.38. The van der Waals surface area contributed by atoms with Gasteiger partial charge in [0.15, 0.2) is 11.5 Å². The molecule has 0 saturated heterocycles. The molecule has 0 aliphatic carbocycles. The average molecular weight is 537 g/mol. The third-order valence-corrected chi connectivity index (χ3v) is 5.38. The number of ether oxygens (including phenoxy) is 8. The fourth-order valence-electron chi connectivity index (χ4n) is 3.58. The highest BCUT2D eigenvalue weighted by atomic mass is 16.6. The molecule has 0 bridgehead atoms. The number of aromatic nitrogens is 2. The van der Waals surface area contributed by atoms with Gasteiger partial charge in [0.25, 0.3) is 11.0 Å². The van der Waals surface area contributed by atoms with Gasteiger partial charge in [-0.3, -0.25) is 0 Å². The maximum absolute atomic E-state index is 13.3. The second-order valence-corrected chi connectivity index (χ2v) is 7.97. The molecule has 2 aromatic carbocycles. The van der Waals surface area contributed by atoms with E-state index >= 15 is 0 Å². The Morgan fingerprint density at radius 1 is 0.500 bits per heavy atom. The van der Waals surface area contributed by atoms with Crippen molar-refractivity contribution in [2.24, 2.45) is 0 Å². The molecule has 0 atom stereocenters. The molecule has 0 N–H and O–H groups in total. The van der Waals surface area contributed by atoms with E-state index in [1.807, 2.05) is 0 Å². The van der Waals surface area contributed by atoms with Crippen LogP contribution in [0.3, 0.4) is 0 Å². The largest absolute Gasteiger partial charge is 0.617 e. The minimum Gasteiger partial charge on any atom is -0.617 e. The number of methoxy groups -OCH3 is 2. The first-order valence-corrected chi connectivity index (χ1v) is 12.4. The summed E-state index contributed by atoms with van der Waals surface area (Å²) in [7, 11) is 3.23. The zero-order valence-corrected chi connectivity index (χ0v) is 21.9. The van der Waals surface area contributed by atoms with Gasteiger partial charge in [-0.15, -0.1) is 0 Å². The Balaban J connectivity index is 1.60. The third-order valence-electron chi connectivity index (χ3n) is 5.38. The van der Waals surface area contributed by atoms with E-state index in [2.05, 4.69) is 0 Å². The van der Waals surface area contributed by atoms with Crippen LogP contribution < -0.4 is 18.9 Å².